The van der Waals surface area contributed by atoms with Crippen molar-refractivity contribution in [3.8, 4) is 5.75 Å². The molecule has 1 aliphatic rings. The van der Waals surface area contributed by atoms with E-state index >= 15 is 0 Å². The van der Waals surface area contributed by atoms with Gasteiger partial charge in [-0.1, -0.05) is 42.0 Å². The summed E-state index contributed by atoms with van der Waals surface area (Å²) in [5.41, 5.74) is 8.40. The number of ether oxygens (including phenoxy) is 1. The van der Waals surface area contributed by atoms with Crippen LogP contribution in [-0.4, -0.2) is 43.0 Å². The number of amides is 2. The normalized spacial score (nSPS) is 16.1. The van der Waals surface area contributed by atoms with Crippen LogP contribution in [0.15, 0.2) is 48.5 Å². The Labute approximate surface area is 153 Å². The van der Waals surface area contributed by atoms with Gasteiger partial charge in [0.25, 0.3) is 5.91 Å². The number of likely N-dealkylation sites (N-methyl/N-ethyl adjacent to an activating group) is 1. The monoisotopic (exact) mass is 353 g/mol. The second kappa shape index (κ2) is 7.58. The third-order valence-corrected chi connectivity index (χ3v) is 4.37. The predicted octanol–water partition coefficient (Wildman–Crippen LogP) is 1.71. The summed E-state index contributed by atoms with van der Waals surface area (Å²) in [5.74, 6) is -0.177. The van der Waals surface area contributed by atoms with Crippen LogP contribution in [0.5, 0.6) is 5.75 Å². The first kappa shape index (κ1) is 17.9. The summed E-state index contributed by atoms with van der Waals surface area (Å²) < 4.78 is 5.60. The molecule has 0 fully saturated rings. The number of carbonyl (C=O) groups excluding carboxylic acids is 2. The number of hydrogen-bond donors (Lipinski definition) is 1. The average Bonchev–Trinajstić information content (AvgIpc) is 2.62. The first-order valence-corrected chi connectivity index (χ1v) is 8.53. The van der Waals surface area contributed by atoms with E-state index in [1.54, 1.807) is 17.0 Å². The smallest absolute Gasteiger partial charge is 0.260 e. The van der Waals surface area contributed by atoms with Gasteiger partial charge in [-0.05, 0) is 31.7 Å². The summed E-state index contributed by atoms with van der Waals surface area (Å²) in [6, 6.07) is 15.4. The molecule has 6 heteroatoms. The fourth-order valence-corrected chi connectivity index (χ4v) is 3.00. The Balaban J connectivity index is 1.71. The van der Waals surface area contributed by atoms with E-state index in [1.807, 2.05) is 31.0 Å². The van der Waals surface area contributed by atoms with Gasteiger partial charge < -0.3 is 15.4 Å². The molecule has 0 aromatic heterocycles. The van der Waals surface area contributed by atoms with E-state index < -0.39 is 12.0 Å². The molecule has 0 saturated carbocycles. The molecule has 1 atom stereocenters. The van der Waals surface area contributed by atoms with E-state index in [9.17, 15) is 9.59 Å². The second-order valence-electron chi connectivity index (χ2n) is 6.64. The molecule has 0 saturated heterocycles. The quantitative estimate of drug-likeness (QED) is 0.888. The van der Waals surface area contributed by atoms with Gasteiger partial charge in [0.15, 0.2) is 6.10 Å². The van der Waals surface area contributed by atoms with Crippen molar-refractivity contribution in [2.75, 3.05) is 25.0 Å². The number of carbonyl (C=O) groups is 2. The first-order chi connectivity index (χ1) is 12.4. The van der Waals surface area contributed by atoms with Crippen LogP contribution in [0.3, 0.4) is 0 Å². The average molecular weight is 353 g/mol. The van der Waals surface area contributed by atoms with Crippen LogP contribution < -0.4 is 15.4 Å². The molecule has 26 heavy (non-hydrogen) atoms. The van der Waals surface area contributed by atoms with Crippen molar-refractivity contribution in [2.24, 2.45) is 5.73 Å². The topological polar surface area (TPSA) is 75.9 Å². The molecule has 0 bridgehead atoms. The van der Waals surface area contributed by atoms with E-state index in [2.05, 4.69) is 24.3 Å². The number of nitrogens with zero attached hydrogens (tertiary/aromatic N) is 2. The van der Waals surface area contributed by atoms with Crippen molar-refractivity contribution >= 4 is 17.5 Å². The summed E-state index contributed by atoms with van der Waals surface area (Å²) in [4.78, 5) is 28.0. The van der Waals surface area contributed by atoms with Crippen LogP contribution in [0.4, 0.5) is 5.69 Å². The van der Waals surface area contributed by atoms with E-state index in [0.717, 1.165) is 5.56 Å². The van der Waals surface area contributed by atoms with E-state index in [1.165, 1.54) is 5.56 Å². The molecule has 1 aliphatic heterocycles. The molecule has 0 aliphatic carbocycles. The van der Waals surface area contributed by atoms with Gasteiger partial charge in [-0.3, -0.25) is 14.5 Å². The zero-order valence-electron chi connectivity index (χ0n) is 15.0. The number of para-hydroxylation sites is 2. The minimum atomic E-state index is -0.837. The number of fused-ring (bicyclic) bond motifs is 1. The highest BCUT2D eigenvalue weighted by molar-refractivity contribution is 5.98. The molecule has 2 amide bonds. The Bertz CT molecular complexity index is 804. The Hall–Kier alpha value is -2.86. The molecule has 0 spiro atoms. The van der Waals surface area contributed by atoms with Gasteiger partial charge in [0.1, 0.15) is 5.75 Å². The van der Waals surface area contributed by atoms with Crippen LogP contribution in [-0.2, 0) is 16.1 Å². The number of primary amides is 1. The van der Waals surface area contributed by atoms with Crippen molar-refractivity contribution < 1.29 is 14.3 Å². The highest BCUT2D eigenvalue weighted by Crippen LogP contribution is 2.33. The lowest BCUT2D eigenvalue weighted by atomic mass is 10.1. The predicted molar refractivity (Wildman–Crippen MR) is 99.9 cm³/mol. The van der Waals surface area contributed by atoms with Crippen molar-refractivity contribution in [1.29, 1.82) is 0 Å². The minimum absolute atomic E-state index is 0.0957. The molecule has 0 radical (unpaired) electrons. The SMILES string of the molecule is Cc1ccc(CN(C)CC(=O)N2C[C@H](C(N)=O)Oc3ccccc32)cc1. The van der Waals surface area contributed by atoms with Crippen molar-refractivity contribution in [1.82, 2.24) is 4.90 Å². The molecule has 3 rings (SSSR count). The van der Waals surface area contributed by atoms with Gasteiger partial charge in [0.05, 0.1) is 18.8 Å². The third kappa shape index (κ3) is 4.03. The Morgan fingerprint density at radius 1 is 1.19 bits per heavy atom. The molecular weight excluding hydrogens is 330 g/mol. The van der Waals surface area contributed by atoms with E-state index in [0.29, 0.717) is 18.0 Å². The zero-order chi connectivity index (χ0) is 18.7. The van der Waals surface area contributed by atoms with E-state index in [-0.39, 0.29) is 19.0 Å². The number of aryl methyl sites for hydroxylation is 1. The van der Waals surface area contributed by atoms with Gasteiger partial charge >= 0.3 is 0 Å². The van der Waals surface area contributed by atoms with Crippen molar-refractivity contribution in [3.05, 3.63) is 59.7 Å². The standard InChI is InChI=1S/C20H23N3O3/c1-14-7-9-15(10-8-14)11-22(2)13-19(24)23-12-18(20(21)25)26-17-6-4-3-5-16(17)23/h3-10,18H,11-13H2,1-2H3,(H2,21,25)/t18-/m1/s1. The van der Waals surface area contributed by atoms with Gasteiger partial charge in [0, 0.05) is 6.54 Å². The summed E-state index contributed by atoms with van der Waals surface area (Å²) in [6.45, 7) is 3.07. The highest BCUT2D eigenvalue weighted by Gasteiger charge is 2.32. The molecule has 136 valence electrons. The third-order valence-electron chi connectivity index (χ3n) is 4.37. The fourth-order valence-electron chi connectivity index (χ4n) is 3.00. The molecule has 2 aromatic rings. The molecule has 1 heterocycles. The summed E-state index contributed by atoms with van der Waals surface area (Å²) in [7, 11) is 1.90. The summed E-state index contributed by atoms with van der Waals surface area (Å²) in [6.07, 6.45) is -0.837. The minimum Gasteiger partial charge on any atom is -0.477 e. The maximum absolute atomic E-state index is 12.9. The lowest BCUT2D eigenvalue weighted by Crippen LogP contribution is -2.51. The summed E-state index contributed by atoms with van der Waals surface area (Å²) >= 11 is 0. The number of anilines is 1. The van der Waals surface area contributed by atoms with Crippen LogP contribution in [0, 0.1) is 6.92 Å². The Kier molecular flexibility index (Phi) is 5.23. The van der Waals surface area contributed by atoms with Crippen molar-refractivity contribution in [3.63, 3.8) is 0 Å². The number of rotatable bonds is 5. The lowest BCUT2D eigenvalue weighted by Gasteiger charge is -2.34. The van der Waals surface area contributed by atoms with Crippen LogP contribution in [0.2, 0.25) is 0 Å². The number of benzene rings is 2. The fraction of sp³-hybridized carbons (Fsp3) is 0.300. The zero-order valence-corrected chi connectivity index (χ0v) is 15.0. The van der Waals surface area contributed by atoms with Crippen LogP contribution in [0.1, 0.15) is 11.1 Å². The molecule has 2 N–H and O–H groups in total. The Morgan fingerprint density at radius 3 is 2.58 bits per heavy atom. The maximum Gasteiger partial charge on any atom is 0.260 e. The summed E-state index contributed by atoms with van der Waals surface area (Å²) in [5, 5.41) is 0. The largest absolute Gasteiger partial charge is 0.477 e. The van der Waals surface area contributed by atoms with Gasteiger partial charge in [-0.15, -0.1) is 0 Å². The van der Waals surface area contributed by atoms with Crippen LogP contribution >= 0.6 is 0 Å². The second-order valence-corrected chi connectivity index (χ2v) is 6.64. The van der Waals surface area contributed by atoms with Crippen LogP contribution in [0.25, 0.3) is 0 Å². The Morgan fingerprint density at radius 2 is 1.88 bits per heavy atom. The molecule has 2 aromatic carbocycles. The number of hydrogen-bond acceptors (Lipinski definition) is 4. The number of nitrogens with two attached hydrogens (primary N) is 1. The maximum atomic E-state index is 12.9. The molecular formula is C20H23N3O3. The van der Waals surface area contributed by atoms with Crippen molar-refractivity contribution in [2.45, 2.75) is 19.6 Å². The first-order valence-electron chi connectivity index (χ1n) is 8.53. The van der Waals surface area contributed by atoms with Gasteiger partial charge in [-0.2, -0.15) is 0 Å². The van der Waals surface area contributed by atoms with Gasteiger partial charge in [-0.25, -0.2) is 0 Å². The highest BCUT2D eigenvalue weighted by atomic mass is 16.5. The molecule has 0 unspecified atom stereocenters. The van der Waals surface area contributed by atoms with Gasteiger partial charge in [0.2, 0.25) is 5.91 Å². The molecule has 6 nitrogen and oxygen atoms in total. The van der Waals surface area contributed by atoms with E-state index in [4.69, 9.17) is 10.5 Å². The lowest BCUT2D eigenvalue weighted by molar-refractivity contribution is -0.125.